The van der Waals surface area contributed by atoms with E-state index in [9.17, 15) is 30.0 Å². The molecule has 3 unspecified atom stereocenters. The van der Waals surface area contributed by atoms with Crippen molar-refractivity contribution < 1.29 is 47.8 Å². The van der Waals surface area contributed by atoms with Crippen LogP contribution in [0.1, 0.15) is 16.2 Å². The summed E-state index contributed by atoms with van der Waals surface area (Å²) in [4.78, 5) is 22.1. The van der Waals surface area contributed by atoms with Crippen LogP contribution in [0.25, 0.3) is 0 Å². The SMILES string of the molecule is CC(=O)N[C@@H]1[C@@H](O)CC(O)(C(=O)O)O[C@H]1C(O)C(O)CO.[Ca+2].[H-].[H-]. The zero-order chi connectivity index (χ0) is 16.4. The normalized spacial score (nSPS) is 34.2. The Bertz CT molecular complexity index is 419. The van der Waals surface area contributed by atoms with Crippen molar-refractivity contribution in [3.8, 4) is 0 Å². The number of aliphatic hydroxyl groups excluding tert-OH is 4. The summed E-state index contributed by atoms with van der Waals surface area (Å²) >= 11 is 0. The van der Waals surface area contributed by atoms with Crippen LogP contribution < -0.4 is 5.32 Å². The molecule has 126 valence electrons. The van der Waals surface area contributed by atoms with E-state index in [4.69, 9.17) is 14.9 Å². The van der Waals surface area contributed by atoms with Gasteiger partial charge in [-0.3, -0.25) is 4.79 Å². The fourth-order valence-electron chi connectivity index (χ4n) is 2.14. The molecule has 10 nitrogen and oxygen atoms in total. The number of amides is 1. The van der Waals surface area contributed by atoms with Crippen LogP contribution in [0, 0.1) is 0 Å². The molecule has 0 spiro atoms. The minimum absolute atomic E-state index is 0. The number of rotatable bonds is 5. The first-order valence-corrected chi connectivity index (χ1v) is 6.18. The van der Waals surface area contributed by atoms with Crippen molar-refractivity contribution in [3.63, 3.8) is 0 Å². The predicted octanol–water partition coefficient (Wildman–Crippen LogP) is -4.03. The number of aliphatic carboxylic acids is 1. The fourth-order valence-corrected chi connectivity index (χ4v) is 2.14. The van der Waals surface area contributed by atoms with E-state index < -0.39 is 61.1 Å². The van der Waals surface area contributed by atoms with Gasteiger partial charge in [-0.15, -0.1) is 0 Å². The molecule has 0 radical (unpaired) electrons. The molecule has 11 heteroatoms. The largest absolute Gasteiger partial charge is 2.00 e. The molecule has 22 heavy (non-hydrogen) atoms. The molecule has 0 aromatic carbocycles. The van der Waals surface area contributed by atoms with E-state index in [1.165, 1.54) is 0 Å². The molecule has 0 aliphatic carbocycles. The average Bonchev–Trinajstić information content (AvgIpc) is 2.39. The van der Waals surface area contributed by atoms with Crippen molar-refractivity contribution in [2.75, 3.05) is 6.61 Å². The third kappa shape index (κ3) is 4.98. The zero-order valence-electron chi connectivity index (χ0n) is 13.9. The number of carbonyl (C=O) groups excluding carboxylic acids is 1. The Hall–Kier alpha value is -0.0403. The second kappa shape index (κ2) is 8.71. The molecule has 1 fully saturated rings. The molecule has 1 rings (SSSR count). The molecule has 1 aliphatic rings. The number of hydrogen-bond acceptors (Lipinski definition) is 8. The van der Waals surface area contributed by atoms with Crippen LogP contribution in [0.2, 0.25) is 0 Å². The van der Waals surface area contributed by atoms with E-state index >= 15 is 0 Å². The minimum Gasteiger partial charge on any atom is -1.00 e. The third-order valence-corrected chi connectivity index (χ3v) is 3.21. The summed E-state index contributed by atoms with van der Waals surface area (Å²) in [5.74, 6) is -5.17. The standard InChI is InChI=1S/C11H19NO9.Ca.2H/c1-4(14)12-7-5(15)2-11(20,10(18)19)21-9(7)8(17)6(16)3-13;;;/h5-9,13,15-17,20H,2-3H2,1H3,(H,12,14)(H,18,19);;;/q;+2;2*-1/t5-,6?,7+,8?,9+,11?;;;/m0.../s1. The summed E-state index contributed by atoms with van der Waals surface area (Å²) in [6, 6.07) is -1.27. The van der Waals surface area contributed by atoms with Gasteiger partial charge in [0.2, 0.25) is 5.91 Å². The van der Waals surface area contributed by atoms with Gasteiger partial charge in [0.15, 0.2) is 0 Å². The van der Waals surface area contributed by atoms with E-state index in [-0.39, 0.29) is 40.6 Å². The van der Waals surface area contributed by atoms with Crippen molar-refractivity contribution in [1.82, 2.24) is 5.32 Å². The van der Waals surface area contributed by atoms with Crippen molar-refractivity contribution >= 4 is 49.6 Å². The smallest absolute Gasteiger partial charge is 1.00 e. The Morgan fingerprint density at radius 2 is 2.00 bits per heavy atom. The van der Waals surface area contributed by atoms with Crippen LogP contribution in [-0.4, -0.2) is 123 Å². The predicted molar refractivity (Wildman–Crippen MR) is 72.8 cm³/mol. The van der Waals surface area contributed by atoms with Crippen LogP contribution >= 0.6 is 0 Å². The van der Waals surface area contributed by atoms with E-state index in [1.54, 1.807) is 0 Å². The van der Waals surface area contributed by atoms with Gasteiger partial charge in [-0.05, 0) is 0 Å². The third-order valence-electron chi connectivity index (χ3n) is 3.21. The van der Waals surface area contributed by atoms with Crippen LogP contribution in [0.15, 0.2) is 0 Å². The summed E-state index contributed by atoms with van der Waals surface area (Å²) < 4.78 is 4.86. The summed E-state index contributed by atoms with van der Waals surface area (Å²) in [6.45, 7) is 0.256. The number of ether oxygens (including phenoxy) is 1. The van der Waals surface area contributed by atoms with Gasteiger partial charge in [0.25, 0.3) is 5.79 Å². The van der Waals surface area contributed by atoms with Gasteiger partial charge in [0, 0.05) is 13.3 Å². The molecular formula is C11H21CaNO9. The fraction of sp³-hybridized carbons (Fsp3) is 0.818. The maximum Gasteiger partial charge on any atom is 2.00 e. The zero-order valence-corrected chi connectivity index (χ0v) is 14.1. The molecular weight excluding hydrogens is 330 g/mol. The Labute approximate surface area is 158 Å². The van der Waals surface area contributed by atoms with Crippen molar-refractivity contribution in [3.05, 3.63) is 0 Å². The first-order chi connectivity index (χ1) is 9.62. The average molecular weight is 351 g/mol. The summed E-state index contributed by atoms with van der Waals surface area (Å²) in [7, 11) is 0. The van der Waals surface area contributed by atoms with Gasteiger partial charge in [-0.1, -0.05) is 0 Å². The van der Waals surface area contributed by atoms with Gasteiger partial charge in [0.05, 0.1) is 18.8 Å². The van der Waals surface area contributed by atoms with E-state index in [2.05, 4.69) is 5.32 Å². The topological polar surface area (TPSA) is 177 Å². The quantitative estimate of drug-likeness (QED) is 0.243. The first-order valence-electron chi connectivity index (χ1n) is 6.18. The molecule has 1 saturated heterocycles. The van der Waals surface area contributed by atoms with Crippen LogP contribution in [-0.2, 0) is 14.3 Å². The first kappa shape index (κ1) is 22.0. The molecule has 0 aromatic heterocycles. The second-order valence-corrected chi connectivity index (χ2v) is 4.91. The number of carbonyl (C=O) groups is 2. The molecule has 0 aromatic rings. The van der Waals surface area contributed by atoms with Gasteiger partial charge in [0.1, 0.15) is 18.3 Å². The second-order valence-electron chi connectivity index (χ2n) is 4.91. The minimum atomic E-state index is -2.78. The van der Waals surface area contributed by atoms with Crippen molar-refractivity contribution in [2.24, 2.45) is 0 Å². The number of nitrogens with one attached hydrogen (secondary N) is 1. The Kier molecular flexibility index (Phi) is 8.70. The number of carboxylic acids is 1. The molecule has 7 N–H and O–H groups in total. The molecule has 0 saturated carbocycles. The maximum atomic E-state index is 11.1. The van der Waals surface area contributed by atoms with Crippen molar-refractivity contribution in [1.29, 1.82) is 0 Å². The van der Waals surface area contributed by atoms with E-state index in [0.717, 1.165) is 6.92 Å². The monoisotopic (exact) mass is 351 g/mol. The van der Waals surface area contributed by atoms with Gasteiger partial charge in [-0.2, -0.15) is 0 Å². The molecule has 1 amide bonds. The molecule has 6 atom stereocenters. The van der Waals surface area contributed by atoms with Gasteiger partial charge < -0.3 is 43.5 Å². The van der Waals surface area contributed by atoms with Crippen LogP contribution in [0.3, 0.4) is 0 Å². The number of hydrogen-bond donors (Lipinski definition) is 7. The molecule has 1 heterocycles. The van der Waals surface area contributed by atoms with E-state index in [1.807, 2.05) is 0 Å². The van der Waals surface area contributed by atoms with Crippen molar-refractivity contribution in [2.45, 2.75) is 49.6 Å². The van der Waals surface area contributed by atoms with Gasteiger partial charge in [-0.25, -0.2) is 4.79 Å². The van der Waals surface area contributed by atoms with Gasteiger partial charge >= 0.3 is 43.7 Å². The summed E-state index contributed by atoms with van der Waals surface area (Å²) in [5.41, 5.74) is 0. The van der Waals surface area contributed by atoms with Crippen LogP contribution in [0.4, 0.5) is 0 Å². The Morgan fingerprint density at radius 3 is 2.41 bits per heavy atom. The number of aliphatic hydroxyl groups is 5. The van der Waals surface area contributed by atoms with E-state index in [0.29, 0.717) is 0 Å². The maximum absolute atomic E-state index is 11.1. The summed E-state index contributed by atoms with van der Waals surface area (Å²) in [6.07, 6.45) is -7.48. The van der Waals surface area contributed by atoms with Crippen LogP contribution in [0.5, 0.6) is 0 Å². The Morgan fingerprint density at radius 1 is 1.45 bits per heavy atom. The Balaban J connectivity index is -0.00000147. The molecule has 0 bridgehead atoms. The number of carboxylic acid groups (broad SMARTS) is 1. The molecule has 1 aliphatic heterocycles. The summed E-state index contributed by atoms with van der Waals surface area (Å²) in [5, 5.41) is 59.0.